The molecule has 0 spiro atoms. The molecular weight excluding hydrogens is 233 g/mol. The molecule has 0 heterocycles. The molecule has 0 fully saturated rings. The van der Waals surface area contributed by atoms with Gasteiger partial charge in [0, 0.05) is 12.1 Å². The average Bonchev–Trinajstić information content (AvgIpc) is 2.18. The fraction of sp³-hybridized carbons (Fsp3) is 0.500. The highest BCUT2D eigenvalue weighted by molar-refractivity contribution is 5.69. The molecule has 1 aromatic carbocycles. The van der Waals surface area contributed by atoms with E-state index in [1.807, 2.05) is 32.6 Å². The van der Waals surface area contributed by atoms with Crippen molar-refractivity contribution >= 4 is 5.97 Å². The molecule has 0 aromatic heterocycles. The second kappa shape index (κ2) is 5.48. The van der Waals surface area contributed by atoms with Gasteiger partial charge in [-0.05, 0) is 51.0 Å². The lowest BCUT2D eigenvalue weighted by atomic mass is 10.0. The van der Waals surface area contributed by atoms with Gasteiger partial charge in [-0.25, -0.2) is 4.39 Å². The summed E-state index contributed by atoms with van der Waals surface area (Å²) >= 11 is 0. The number of aliphatic carboxylic acids is 1. The summed E-state index contributed by atoms with van der Waals surface area (Å²) in [5, 5.41) is 8.94. The zero-order valence-electron chi connectivity index (χ0n) is 11.3. The minimum Gasteiger partial charge on any atom is -0.480 e. The Bertz CT molecular complexity index is 438. The van der Waals surface area contributed by atoms with Crippen LogP contribution in [0.15, 0.2) is 18.2 Å². The quantitative estimate of drug-likeness (QED) is 0.897. The zero-order valence-corrected chi connectivity index (χ0v) is 11.3. The van der Waals surface area contributed by atoms with Gasteiger partial charge in [0.05, 0.1) is 6.54 Å². The molecule has 0 unspecified atom stereocenters. The molecule has 1 N–H and O–H groups in total. The van der Waals surface area contributed by atoms with E-state index in [1.165, 1.54) is 12.1 Å². The van der Waals surface area contributed by atoms with Crippen LogP contribution in [0.25, 0.3) is 0 Å². The van der Waals surface area contributed by atoms with Gasteiger partial charge in [0.25, 0.3) is 0 Å². The van der Waals surface area contributed by atoms with E-state index in [1.54, 1.807) is 6.07 Å². The summed E-state index contributed by atoms with van der Waals surface area (Å²) < 4.78 is 13.0. The predicted molar refractivity (Wildman–Crippen MR) is 68.9 cm³/mol. The van der Waals surface area contributed by atoms with Crippen molar-refractivity contribution in [1.29, 1.82) is 0 Å². The van der Waals surface area contributed by atoms with Crippen LogP contribution in [0, 0.1) is 12.7 Å². The van der Waals surface area contributed by atoms with Gasteiger partial charge in [-0.1, -0.05) is 6.07 Å². The van der Waals surface area contributed by atoms with E-state index >= 15 is 0 Å². The first-order valence-corrected chi connectivity index (χ1v) is 5.92. The lowest BCUT2D eigenvalue weighted by molar-refractivity contribution is -0.139. The van der Waals surface area contributed by atoms with Crippen molar-refractivity contribution in [1.82, 2.24) is 4.90 Å². The van der Waals surface area contributed by atoms with Gasteiger partial charge < -0.3 is 5.11 Å². The smallest absolute Gasteiger partial charge is 0.317 e. The molecule has 1 rings (SSSR count). The Labute approximate surface area is 107 Å². The Balaban J connectivity index is 2.92. The maximum atomic E-state index is 13.0. The first kappa shape index (κ1) is 14.6. The molecule has 0 amide bonds. The highest BCUT2D eigenvalue weighted by Gasteiger charge is 2.24. The van der Waals surface area contributed by atoms with Crippen LogP contribution in [0.4, 0.5) is 4.39 Å². The molecule has 0 saturated heterocycles. The number of hydrogen-bond acceptors (Lipinski definition) is 2. The molecule has 0 aliphatic rings. The summed E-state index contributed by atoms with van der Waals surface area (Å²) in [4.78, 5) is 12.7. The summed E-state index contributed by atoms with van der Waals surface area (Å²) in [6.45, 7) is 8.21. The predicted octanol–water partition coefficient (Wildman–Crippen LogP) is 2.82. The number of carboxylic acid groups (broad SMARTS) is 1. The minimum absolute atomic E-state index is 0.0275. The minimum atomic E-state index is -0.857. The lowest BCUT2D eigenvalue weighted by Crippen LogP contribution is -2.43. The van der Waals surface area contributed by atoms with Gasteiger partial charge in [0.2, 0.25) is 0 Å². The van der Waals surface area contributed by atoms with Crippen LogP contribution >= 0.6 is 0 Å². The molecule has 4 heteroatoms. The van der Waals surface area contributed by atoms with E-state index in [4.69, 9.17) is 5.11 Å². The third kappa shape index (κ3) is 4.11. The number of aryl methyl sites for hydroxylation is 1. The van der Waals surface area contributed by atoms with Crippen LogP contribution in [0.3, 0.4) is 0 Å². The van der Waals surface area contributed by atoms with E-state index in [2.05, 4.69) is 0 Å². The number of nitrogens with zero attached hydrogens (tertiary/aromatic N) is 1. The molecule has 0 atom stereocenters. The van der Waals surface area contributed by atoms with Crippen molar-refractivity contribution in [3.05, 3.63) is 35.1 Å². The highest BCUT2D eigenvalue weighted by Crippen LogP contribution is 2.19. The van der Waals surface area contributed by atoms with Crippen molar-refractivity contribution in [2.75, 3.05) is 6.54 Å². The van der Waals surface area contributed by atoms with Gasteiger partial charge in [0.15, 0.2) is 0 Å². The summed E-state index contributed by atoms with van der Waals surface area (Å²) in [5.74, 6) is -1.12. The van der Waals surface area contributed by atoms with Crippen LogP contribution in [-0.4, -0.2) is 28.1 Å². The fourth-order valence-corrected chi connectivity index (χ4v) is 1.74. The van der Waals surface area contributed by atoms with Crippen LogP contribution in [0.2, 0.25) is 0 Å². The first-order valence-electron chi connectivity index (χ1n) is 5.92. The van der Waals surface area contributed by atoms with Crippen LogP contribution in [-0.2, 0) is 11.3 Å². The molecule has 18 heavy (non-hydrogen) atoms. The van der Waals surface area contributed by atoms with Crippen LogP contribution < -0.4 is 0 Å². The van der Waals surface area contributed by atoms with E-state index in [9.17, 15) is 9.18 Å². The molecule has 0 bridgehead atoms. The number of hydrogen-bond donors (Lipinski definition) is 1. The molecule has 1 aromatic rings. The van der Waals surface area contributed by atoms with Gasteiger partial charge >= 0.3 is 5.97 Å². The molecule has 3 nitrogen and oxygen atoms in total. The SMILES string of the molecule is Cc1cc(F)ccc1CN(CC(=O)O)C(C)(C)C. The van der Waals surface area contributed by atoms with Gasteiger partial charge in [-0.2, -0.15) is 0 Å². The third-order valence-corrected chi connectivity index (χ3v) is 2.94. The monoisotopic (exact) mass is 253 g/mol. The van der Waals surface area contributed by atoms with Crippen molar-refractivity contribution in [2.24, 2.45) is 0 Å². The molecule has 0 aliphatic carbocycles. The summed E-state index contributed by atoms with van der Waals surface area (Å²) in [6, 6.07) is 4.59. The van der Waals surface area contributed by atoms with E-state index < -0.39 is 5.97 Å². The van der Waals surface area contributed by atoms with Crippen molar-refractivity contribution in [3.8, 4) is 0 Å². The lowest BCUT2D eigenvalue weighted by Gasteiger charge is -2.34. The number of benzene rings is 1. The number of rotatable bonds is 4. The van der Waals surface area contributed by atoms with E-state index in [0.717, 1.165) is 11.1 Å². The van der Waals surface area contributed by atoms with Gasteiger partial charge in [-0.15, -0.1) is 0 Å². The Morgan fingerprint density at radius 1 is 1.39 bits per heavy atom. The van der Waals surface area contributed by atoms with Crippen LogP contribution in [0.1, 0.15) is 31.9 Å². The largest absolute Gasteiger partial charge is 0.480 e. The second-order valence-electron chi connectivity index (χ2n) is 5.49. The maximum absolute atomic E-state index is 13.0. The third-order valence-electron chi connectivity index (χ3n) is 2.94. The number of carboxylic acids is 1. The average molecular weight is 253 g/mol. The van der Waals surface area contributed by atoms with Crippen molar-refractivity contribution < 1.29 is 14.3 Å². The molecule has 100 valence electrons. The molecule has 0 aliphatic heterocycles. The Morgan fingerprint density at radius 2 is 2.00 bits per heavy atom. The number of carbonyl (C=O) groups is 1. The fourth-order valence-electron chi connectivity index (χ4n) is 1.74. The maximum Gasteiger partial charge on any atom is 0.317 e. The molecule has 0 radical (unpaired) electrons. The summed E-state index contributed by atoms with van der Waals surface area (Å²) in [7, 11) is 0. The second-order valence-corrected chi connectivity index (χ2v) is 5.49. The normalized spacial score (nSPS) is 11.9. The summed E-state index contributed by atoms with van der Waals surface area (Å²) in [6.07, 6.45) is 0. The van der Waals surface area contributed by atoms with Crippen LogP contribution in [0.5, 0.6) is 0 Å². The van der Waals surface area contributed by atoms with Gasteiger partial charge in [0.1, 0.15) is 5.82 Å². The Hall–Kier alpha value is -1.42. The van der Waals surface area contributed by atoms with E-state index in [-0.39, 0.29) is 17.9 Å². The van der Waals surface area contributed by atoms with Crippen molar-refractivity contribution in [3.63, 3.8) is 0 Å². The van der Waals surface area contributed by atoms with E-state index in [0.29, 0.717) is 6.54 Å². The standard InChI is InChI=1S/C14H20FNO2/c1-10-7-12(15)6-5-11(10)8-16(9-13(17)18)14(2,3)4/h5-7H,8-9H2,1-4H3,(H,17,18). The summed E-state index contributed by atoms with van der Waals surface area (Å²) in [5.41, 5.74) is 1.54. The first-order chi connectivity index (χ1) is 8.20. The molecular formula is C14H20FNO2. The highest BCUT2D eigenvalue weighted by atomic mass is 19.1. The number of halogens is 1. The molecule has 0 saturated carbocycles. The van der Waals surface area contributed by atoms with Gasteiger partial charge in [-0.3, -0.25) is 9.69 Å². The topological polar surface area (TPSA) is 40.5 Å². The Morgan fingerprint density at radius 3 is 2.44 bits per heavy atom. The van der Waals surface area contributed by atoms with Crippen molar-refractivity contribution in [2.45, 2.75) is 39.8 Å². The Kier molecular flexibility index (Phi) is 4.46. The zero-order chi connectivity index (χ0) is 13.9.